The van der Waals surface area contributed by atoms with Crippen molar-refractivity contribution in [3.63, 3.8) is 0 Å². The Hall–Kier alpha value is -2.49. The number of anilines is 1. The highest BCUT2D eigenvalue weighted by atomic mass is 35.5. The van der Waals surface area contributed by atoms with Crippen molar-refractivity contribution in [3.05, 3.63) is 92.4 Å². The summed E-state index contributed by atoms with van der Waals surface area (Å²) >= 11 is 24.5. The molecule has 220 valence electrons. The molecule has 3 aromatic carbocycles. The summed E-state index contributed by atoms with van der Waals surface area (Å²) in [7, 11) is -4.25. The highest BCUT2D eigenvalue weighted by molar-refractivity contribution is 7.92. The molecule has 7 nitrogen and oxygen atoms in total. The molecule has 0 unspecified atom stereocenters. The number of rotatable bonds is 12. The van der Waals surface area contributed by atoms with Gasteiger partial charge in [0.05, 0.1) is 20.6 Å². The van der Waals surface area contributed by atoms with E-state index >= 15 is 0 Å². The van der Waals surface area contributed by atoms with E-state index in [0.717, 1.165) is 4.31 Å². The molecule has 3 aromatic rings. The molecule has 0 saturated heterocycles. The molecule has 0 bridgehead atoms. The molecule has 2 amide bonds. The van der Waals surface area contributed by atoms with E-state index in [-0.39, 0.29) is 35.4 Å². The average Bonchev–Trinajstić information content (AvgIpc) is 2.92. The normalized spacial score (nSPS) is 12.2. The zero-order valence-corrected chi connectivity index (χ0v) is 26.6. The predicted octanol–water partition coefficient (Wildman–Crippen LogP) is 7.08. The number of hydrogen-bond acceptors (Lipinski definition) is 4. The van der Waals surface area contributed by atoms with Crippen LogP contribution in [0.1, 0.15) is 32.8 Å². The first-order valence-electron chi connectivity index (χ1n) is 12.9. The van der Waals surface area contributed by atoms with Crippen LogP contribution in [0.2, 0.25) is 20.1 Å². The lowest BCUT2D eigenvalue weighted by atomic mass is 10.1. The van der Waals surface area contributed by atoms with E-state index in [1.807, 2.05) is 13.8 Å². The summed E-state index contributed by atoms with van der Waals surface area (Å²) < 4.78 is 28.7. The maximum atomic E-state index is 14.1. The summed E-state index contributed by atoms with van der Waals surface area (Å²) in [5.41, 5.74) is 0.810. The van der Waals surface area contributed by atoms with Crippen LogP contribution in [0.3, 0.4) is 0 Å². The van der Waals surface area contributed by atoms with E-state index in [4.69, 9.17) is 46.4 Å². The van der Waals surface area contributed by atoms with Gasteiger partial charge in [-0.15, -0.1) is 0 Å². The van der Waals surface area contributed by atoms with Gasteiger partial charge < -0.3 is 10.2 Å². The molecular formula is C29H31Cl4N3O4S. The van der Waals surface area contributed by atoms with Gasteiger partial charge in [-0.1, -0.05) is 79.3 Å². The molecule has 1 atom stereocenters. The molecule has 3 rings (SSSR count). The number of nitrogens with one attached hydrogen (secondary N) is 1. The molecule has 0 heterocycles. The first-order valence-corrected chi connectivity index (χ1v) is 15.8. The van der Waals surface area contributed by atoms with Gasteiger partial charge in [-0.2, -0.15) is 0 Å². The Labute approximate surface area is 261 Å². The second-order valence-corrected chi connectivity index (χ2v) is 13.3. The maximum Gasteiger partial charge on any atom is 0.264 e. The highest BCUT2D eigenvalue weighted by Gasteiger charge is 2.34. The van der Waals surface area contributed by atoms with Crippen molar-refractivity contribution < 1.29 is 18.0 Å². The van der Waals surface area contributed by atoms with Crippen LogP contribution >= 0.6 is 46.4 Å². The van der Waals surface area contributed by atoms with E-state index in [1.165, 1.54) is 35.2 Å². The monoisotopic (exact) mass is 657 g/mol. The van der Waals surface area contributed by atoms with E-state index in [2.05, 4.69) is 5.32 Å². The number of amides is 2. The third-order valence-electron chi connectivity index (χ3n) is 6.18. The number of sulfonamides is 1. The van der Waals surface area contributed by atoms with Crippen molar-refractivity contribution in [2.45, 2.75) is 44.7 Å². The van der Waals surface area contributed by atoms with Crippen molar-refractivity contribution in [2.24, 2.45) is 5.92 Å². The van der Waals surface area contributed by atoms with Gasteiger partial charge in [0.15, 0.2) is 0 Å². The minimum atomic E-state index is -4.25. The molecule has 0 fully saturated rings. The Morgan fingerprint density at radius 2 is 1.56 bits per heavy atom. The van der Waals surface area contributed by atoms with Crippen LogP contribution in [0.25, 0.3) is 0 Å². The van der Waals surface area contributed by atoms with Crippen LogP contribution in [0.4, 0.5) is 5.69 Å². The fourth-order valence-corrected chi connectivity index (χ4v) is 6.11. The van der Waals surface area contributed by atoms with Crippen molar-refractivity contribution in [2.75, 3.05) is 17.4 Å². The van der Waals surface area contributed by atoms with E-state index < -0.39 is 28.5 Å². The molecule has 0 radical (unpaired) electrons. The van der Waals surface area contributed by atoms with Crippen molar-refractivity contribution in [1.29, 1.82) is 0 Å². The third kappa shape index (κ3) is 8.75. The molecule has 0 aromatic heterocycles. The Morgan fingerprint density at radius 1 is 0.878 bits per heavy atom. The van der Waals surface area contributed by atoms with Gasteiger partial charge in [0.25, 0.3) is 10.0 Å². The molecule has 0 saturated carbocycles. The summed E-state index contributed by atoms with van der Waals surface area (Å²) in [6.45, 7) is 5.53. The Morgan fingerprint density at radius 3 is 2.15 bits per heavy atom. The van der Waals surface area contributed by atoms with Gasteiger partial charge in [-0.25, -0.2) is 8.42 Å². The minimum Gasteiger partial charge on any atom is -0.354 e. The molecule has 41 heavy (non-hydrogen) atoms. The number of benzene rings is 3. The standard InChI is InChI=1S/C29H31Cl4N3O4S/c1-4-27(29(38)34-16-19(2)3)35(17-20-8-13-25(32)26(33)14-20)28(37)18-36(23-7-5-6-22(31)15-23)41(39,40)24-11-9-21(30)10-12-24/h5-15,19,27H,4,16-18H2,1-3H3,(H,34,38)/t27-/m0/s1. The summed E-state index contributed by atoms with van der Waals surface area (Å²) in [4.78, 5) is 28.6. The number of hydrogen-bond donors (Lipinski definition) is 1. The zero-order valence-electron chi connectivity index (χ0n) is 22.8. The molecule has 0 spiro atoms. The molecule has 1 N–H and O–H groups in total. The Balaban J connectivity index is 2.06. The fourth-order valence-electron chi connectivity index (χ4n) is 4.07. The first-order chi connectivity index (χ1) is 19.3. The summed E-state index contributed by atoms with van der Waals surface area (Å²) in [6, 6.07) is 15.9. The van der Waals surface area contributed by atoms with Crippen molar-refractivity contribution in [1.82, 2.24) is 10.2 Å². The van der Waals surface area contributed by atoms with Crippen molar-refractivity contribution in [3.8, 4) is 0 Å². The smallest absolute Gasteiger partial charge is 0.264 e. The zero-order chi connectivity index (χ0) is 30.3. The quantitative estimate of drug-likeness (QED) is 0.225. The summed E-state index contributed by atoms with van der Waals surface area (Å²) in [5, 5.41) is 4.17. The fraction of sp³-hybridized carbons (Fsp3) is 0.310. The van der Waals surface area contributed by atoms with Crippen molar-refractivity contribution >= 4 is 73.9 Å². The van der Waals surface area contributed by atoms with E-state index in [9.17, 15) is 18.0 Å². The lowest BCUT2D eigenvalue weighted by Gasteiger charge is -2.33. The SMILES string of the molecule is CC[C@@H](C(=O)NCC(C)C)N(Cc1ccc(Cl)c(Cl)c1)C(=O)CN(c1cccc(Cl)c1)S(=O)(=O)c1ccc(Cl)cc1. The molecule has 12 heteroatoms. The van der Waals surface area contributed by atoms with Gasteiger partial charge in [0.2, 0.25) is 11.8 Å². The number of nitrogens with zero attached hydrogens (tertiary/aromatic N) is 2. The number of carbonyl (C=O) groups excluding carboxylic acids is 2. The lowest BCUT2D eigenvalue weighted by Crippen LogP contribution is -2.52. The number of halogens is 4. The van der Waals surface area contributed by atoms with Gasteiger partial charge >= 0.3 is 0 Å². The van der Waals surface area contributed by atoms with Crippen LogP contribution in [0.5, 0.6) is 0 Å². The van der Waals surface area contributed by atoms with Crippen LogP contribution in [-0.2, 0) is 26.2 Å². The van der Waals surface area contributed by atoms with Crippen LogP contribution in [0, 0.1) is 5.92 Å². The van der Waals surface area contributed by atoms with Gasteiger partial charge in [-0.05, 0) is 72.5 Å². The summed E-state index contributed by atoms with van der Waals surface area (Å²) in [5.74, 6) is -0.747. The third-order valence-corrected chi connectivity index (χ3v) is 9.20. The largest absolute Gasteiger partial charge is 0.354 e. The molecule has 0 aliphatic carbocycles. The maximum absolute atomic E-state index is 14.1. The van der Waals surface area contributed by atoms with E-state index in [1.54, 1.807) is 43.3 Å². The predicted molar refractivity (Wildman–Crippen MR) is 166 cm³/mol. The van der Waals surface area contributed by atoms with E-state index in [0.29, 0.717) is 32.2 Å². The summed E-state index contributed by atoms with van der Waals surface area (Å²) in [6.07, 6.45) is 0.290. The molecule has 0 aliphatic rings. The lowest BCUT2D eigenvalue weighted by molar-refractivity contribution is -0.140. The average molecular weight is 659 g/mol. The topological polar surface area (TPSA) is 86.8 Å². The second kappa shape index (κ2) is 14.6. The van der Waals surface area contributed by atoms with Gasteiger partial charge in [-0.3, -0.25) is 13.9 Å². The van der Waals surface area contributed by atoms with Crippen LogP contribution in [-0.4, -0.2) is 44.3 Å². The van der Waals surface area contributed by atoms with Crippen LogP contribution in [0.15, 0.2) is 71.6 Å². The first kappa shape index (κ1) is 33.0. The van der Waals surface area contributed by atoms with Gasteiger partial charge in [0, 0.05) is 23.1 Å². The minimum absolute atomic E-state index is 0.00624. The second-order valence-electron chi connectivity index (χ2n) is 9.78. The Bertz CT molecular complexity index is 1480. The van der Waals surface area contributed by atoms with Crippen LogP contribution < -0.4 is 9.62 Å². The molecular weight excluding hydrogens is 628 g/mol. The number of carbonyl (C=O) groups is 2. The highest BCUT2D eigenvalue weighted by Crippen LogP contribution is 2.28. The molecule has 0 aliphatic heterocycles. The van der Waals surface area contributed by atoms with Gasteiger partial charge in [0.1, 0.15) is 12.6 Å². The Kier molecular flexibility index (Phi) is 11.8.